The van der Waals surface area contributed by atoms with E-state index in [9.17, 15) is 0 Å². The van der Waals surface area contributed by atoms with E-state index in [4.69, 9.17) is 0 Å². The molecular weight excluding hydrogens is 210 g/mol. The van der Waals surface area contributed by atoms with E-state index in [1.165, 1.54) is 38.5 Å². The van der Waals surface area contributed by atoms with Crippen LogP contribution in [0.4, 0.5) is 5.82 Å². The normalized spacial score (nSPS) is 17.1. The summed E-state index contributed by atoms with van der Waals surface area (Å²) in [5, 5.41) is 0. The van der Waals surface area contributed by atoms with Crippen molar-refractivity contribution < 1.29 is 0 Å². The van der Waals surface area contributed by atoms with Gasteiger partial charge in [-0.25, -0.2) is 4.98 Å². The van der Waals surface area contributed by atoms with Gasteiger partial charge in [-0.3, -0.25) is 4.98 Å². The molecule has 1 aromatic rings. The maximum absolute atomic E-state index is 4.50. The fraction of sp³-hybridized carbons (Fsp3) is 0.714. The molecule has 0 aliphatic heterocycles. The van der Waals surface area contributed by atoms with Crippen LogP contribution in [0, 0.1) is 12.8 Å². The van der Waals surface area contributed by atoms with Crippen LogP contribution in [0.3, 0.4) is 0 Å². The van der Waals surface area contributed by atoms with Crippen LogP contribution >= 0.6 is 0 Å². The Morgan fingerprint density at radius 3 is 2.71 bits per heavy atom. The topological polar surface area (TPSA) is 29.0 Å². The maximum atomic E-state index is 4.50. The smallest absolute Gasteiger partial charge is 0.147 e. The zero-order valence-corrected chi connectivity index (χ0v) is 11.0. The molecular formula is C14H23N3. The lowest BCUT2D eigenvalue weighted by Gasteiger charge is -2.25. The first-order valence-electron chi connectivity index (χ1n) is 6.75. The molecule has 1 aliphatic carbocycles. The molecule has 1 aromatic heterocycles. The number of aryl methyl sites for hydroxylation is 1. The average Bonchev–Trinajstić information content (AvgIpc) is 2.37. The molecule has 3 heteroatoms. The van der Waals surface area contributed by atoms with Gasteiger partial charge in [0.25, 0.3) is 0 Å². The van der Waals surface area contributed by atoms with Crippen LogP contribution in [0.1, 0.15) is 44.2 Å². The van der Waals surface area contributed by atoms with Crippen molar-refractivity contribution in [3.8, 4) is 0 Å². The Morgan fingerprint density at radius 2 is 2.00 bits per heavy atom. The second kappa shape index (κ2) is 5.99. The van der Waals surface area contributed by atoms with Gasteiger partial charge in [-0.1, -0.05) is 32.1 Å². The van der Waals surface area contributed by atoms with Gasteiger partial charge in [-0.15, -0.1) is 0 Å². The first-order valence-corrected chi connectivity index (χ1v) is 6.75. The standard InChI is InChI=1S/C14H23N3/c1-12-10-15-11-14(16-12)17(2)9-8-13-6-4-3-5-7-13/h10-11,13H,3-9H2,1-2H3. The predicted molar refractivity (Wildman–Crippen MR) is 71.2 cm³/mol. The van der Waals surface area contributed by atoms with Crippen molar-refractivity contribution in [1.82, 2.24) is 9.97 Å². The minimum Gasteiger partial charge on any atom is -0.358 e. The third-order valence-electron chi connectivity index (χ3n) is 3.73. The number of rotatable bonds is 4. The van der Waals surface area contributed by atoms with Crippen molar-refractivity contribution in [3.05, 3.63) is 18.1 Å². The number of hydrogen-bond donors (Lipinski definition) is 0. The molecule has 0 atom stereocenters. The summed E-state index contributed by atoms with van der Waals surface area (Å²) in [7, 11) is 2.12. The minimum absolute atomic E-state index is 0.934. The van der Waals surface area contributed by atoms with Crippen LogP contribution in [0.5, 0.6) is 0 Å². The lowest BCUT2D eigenvalue weighted by molar-refractivity contribution is 0.341. The molecule has 1 saturated carbocycles. The largest absolute Gasteiger partial charge is 0.358 e. The predicted octanol–water partition coefficient (Wildman–Crippen LogP) is 3.19. The number of hydrogen-bond acceptors (Lipinski definition) is 3. The minimum atomic E-state index is 0.934. The second-order valence-electron chi connectivity index (χ2n) is 5.23. The number of aromatic nitrogens is 2. The Balaban J connectivity index is 1.82. The fourth-order valence-electron chi connectivity index (χ4n) is 2.60. The van der Waals surface area contributed by atoms with E-state index in [0.717, 1.165) is 24.0 Å². The van der Waals surface area contributed by atoms with E-state index in [0.29, 0.717) is 0 Å². The van der Waals surface area contributed by atoms with E-state index in [-0.39, 0.29) is 0 Å². The van der Waals surface area contributed by atoms with Crippen molar-refractivity contribution in [1.29, 1.82) is 0 Å². The molecule has 1 heterocycles. The molecule has 0 bridgehead atoms. The summed E-state index contributed by atoms with van der Waals surface area (Å²) in [4.78, 5) is 10.9. The molecule has 0 saturated heterocycles. The monoisotopic (exact) mass is 233 g/mol. The highest BCUT2D eigenvalue weighted by Gasteiger charge is 2.14. The molecule has 94 valence electrons. The van der Waals surface area contributed by atoms with Crippen molar-refractivity contribution in [3.63, 3.8) is 0 Å². The molecule has 0 radical (unpaired) electrons. The lowest BCUT2D eigenvalue weighted by Crippen LogP contribution is -2.23. The molecule has 0 aromatic carbocycles. The number of nitrogens with zero attached hydrogens (tertiary/aromatic N) is 3. The van der Waals surface area contributed by atoms with Gasteiger partial charge < -0.3 is 4.90 Å². The van der Waals surface area contributed by atoms with Gasteiger partial charge in [-0.2, -0.15) is 0 Å². The van der Waals surface area contributed by atoms with E-state index in [1.807, 2.05) is 13.1 Å². The Kier molecular flexibility index (Phi) is 4.35. The highest BCUT2D eigenvalue weighted by molar-refractivity contribution is 5.34. The quantitative estimate of drug-likeness (QED) is 0.799. The third kappa shape index (κ3) is 3.69. The first kappa shape index (κ1) is 12.3. The van der Waals surface area contributed by atoms with E-state index >= 15 is 0 Å². The lowest BCUT2D eigenvalue weighted by atomic mass is 9.87. The molecule has 2 rings (SSSR count). The molecule has 1 aliphatic rings. The van der Waals surface area contributed by atoms with E-state index in [2.05, 4.69) is 21.9 Å². The highest BCUT2D eigenvalue weighted by atomic mass is 15.2. The molecule has 17 heavy (non-hydrogen) atoms. The van der Waals surface area contributed by atoms with Gasteiger partial charge in [0.1, 0.15) is 5.82 Å². The van der Waals surface area contributed by atoms with Gasteiger partial charge in [0.2, 0.25) is 0 Å². The van der Waals surface area contributed by atoms with Crippen LogP contribution in [0.2, 0.25) is 0 Å². The van der Waals surface area contributed by atoms with E-state index < -0.39 is 0 Å². The zero-order valence-electron chi connectivity index (χ0n) is 11.0. The van der Waals surface area contributed by atoms with Gasteiger partial charge in [0.15, 0.2) is 0 Å². The zero-order chi connectivity index (χ0) is 12.1. The summed E-state index contributed by atoms with van der Waals surface area (Å²) < 4.78 is 0. The van der Waals surface area contributed by atoms with Crippen LogP contribution in [-0.2, 0) is 0 Å². The fourth-order valence-corrected chi connectivity index (χ4v) is 2.60. The molecule has 0 amide bonds. The van der Waals surface area contributed by atoms with Gasteiger partial charge in [0.05, 0.1) is 11.9 Å². The Labute approximate surface area is 104 Å². The van der Waals surface area contributed by atoms with Crippen LogP contribution in [0.25, 0.3) is 0 Å². The summed E-state index contributed by atoms with van der Waals surface area (Å²) in [6.07, 6.45) is 12.1. The van der Waals surface area contributed by atoms with E-state index in [1.54, 1.807) is 6.20 Å². The summed E-state index contributed by atoms with van der Waals surface area (Å²) in [5.74, 6) is 1.93. The Hall–Kier alpha value is -1.12. The molecule has 1 fully saturated rings. The van der Waals surface area contributed by atoms with Gasteiger partial charge in [-0.05, 0) is 19.3 Å². The molecule has 0 N–H and O–H groups in total. The van der Waals surface area contributed by atoms with Crippen molar-refractivity contribution in [2.24, 2.45) is 5.92 Å². The maximum Gasteiger partial charge on any atom is 0.147 e. The molecule has 3 nitrogen and oxygen atoms in total. The molecule has 0 spiro atoms. The second-order valence-corrected chi connectivity index (χ2v) is 5.23. The SMILES string of the molecule is Cc1cncc(N(C)CCC2CCCCC2)n1. The van der Waals surface area contributed by atoms with Crippen LogP contribution in [-0.4, -0.2) is 23.6 Å². The third-order valence-corrected chi connectivity index (χ3v) is 3.73. The summed E-state index contributed by atoms with van der Waals surface area (Å²) in [6.45, 7) is 3.09. The van der Waals surface area contributed by atoms with Gasteiger partial charge in [0, 0.05) is 19.8 Å². The summed E-state index contributed by atoms with van der Waals surface area (Å²) >= 11 is 0. The van der Waals surface area contributed by atoms with Crippen LogP contribution < -0.4 is 4.90 Å². The summed E-state index contributed by atoms with van der Waals surface area (Å²) in [5.41, 5.74) is 0.993. The van der Waals surface area contributed by atoms with Crippen molar-refractivity contribution >= 4 is 5.82 Å². The van der Waals surface area contributed by atoms with Gasteiger partial charge >= 0.3 is 0 Å². The summed E-state index contributed by atoms with van der Waals surface area (Å²) in [6, 6.07) is 0. The Bertz CT molecular complexity index is 345. The first-order chi connectivity index (χ1) is 8.25. The van der Waals surface area contributed by atoms with Crippen LogP contribution in [0.15, 0.2) is 12.4 Å². The van der Waals surface area contributed by atoms with Crippen molar-refractivity contribution in [2.45, 2.75) is 45.4 Å². The Morgan fingerprint density at radius 1 is 1.24 bits per heavy atom. The highest BCUT2D eigenvalue weighted by Crippen LogP contribution is 2.26. The average molecular weight is 233 g/mol. The molecule has 0 unspecified atom stereocenters. The number of anilines is 1. The van der Waals surface area contributed by atoms with Crippen molar-refractivity contribution in [2.75, 3.05) is 18.5 Å².